The zero-order valence-corrected chi connectivity index (χ0v) is 12.8. The van der Waals surface area contributed by atoms with Crippen LogP contribution in [0.5, 0.6) is 0 Å². The molecule has 3 nitrogen and oxygen atoms in total. The van der Waals surface area contributed by atoms with Crippen LogP contribution >= 0.6 is 0 Å². The molecule has 1 heterocycles. The second-order valence-electron chi connectivity index (χ2n) is 5.53. The largest absolute Gasteiger partial charge is 0.372 e. The average molecular weight is 274 g/mol. The van der Waals surface area contributed by atoms with E-state index in [1.165, 1.54) is 18.5 Å². The first-order valence-electron chi connectivity index (χ1n) is 7.90. The van der Waals surface area contributed by atoms with E-state index in [0.717, 1.165) is 44.6 Å². The predicted octanol–water partition coefficient (Wildman–Crippen LogP) is 3.55. The van der Waals surface area contributed by atoms with Crippen LogP contribution in [0.2, 0.25) is 0 Å². The third-order valence-electron chi connectivity index (χ3n) is 3.86. The van der Waals surface area contributed by atoms with Gasteiger partial charge in [-0.25, -0.2) is 0 Å². The smallest absolute Gasteiger partial charge is 0.253 e. The maximum Gasteiger partial charge on any atom is 0.253 e. The van der Waals surface area contributed by atoms with Crippen LogP contribution in [-0.2, 0) is 0 Å². The maximum absolute atomic E-state index is 12.5. The maximum atomic E-state index is 12.5. The van der Waals surface area contributed by atoms with E-state index in [0.29, 0.717) is 0 Å². The summed E-state index contributed by atoms with van der Waals surface area (Å²) in [6, 6.07) is 8.14. The van der Waals surface area contributed by atoms with Crippen molar-refractivity contribution in [3.05, 3.63) is 29.8 Å². The Morgan fingerprint density at radius 2 is 1.60 bits per heavy atom. The molecule has 3 heteroatoms. The van der Waals surface area contributed by atoms with E-state index in [1.807, 2.05) is 17.0 Å². The van der Waals surface area contributed by atoms with E-state index >= 15 is 0 Å². The quantitative estimate of drug-likeness (QED) is 0.792. The minimum Gasteiger partial charge on any atom is -0.372 e. The highest BCUT2D eigenvalue weighted by atomic mass is 16.2. The van der Waals surface area contributed by atoms with E-state index in [-0.39, 0.29) is 5.91 Å². The molecule has 1 saturated heterocycles. The van der Waals surface area contributed by atoms with E-state index in [4.69, 9.17) is 0 Å². The molecule has 0 bridgehead atoms. The molecule has 20 heavy (non-hydrogen) atoms. The highest BCUT2D eigenvalue weighted by Gasteiger charge is 2.16. The Labute approximate surface area is 122 Å². The Bertz CT molecular complexity index is 415. The number of anilines is 1. The molecule has 0 aliphatic carbocycles. The molecule has 1 aliphatic rings. The highest BCUT2D eigenvalue weighted by Crippen LogP contribution is 2.21. The zero-order valence-electron chi connectivity index (χ0n) is 12.8. The van der Waals surface area contributed by atoms with Crippen molar-refractivity contribution in [1.29, 1.82) is 0 Å². The second-order valence-corrected chi connectivity index (χ2v) is 5.53. The Hall–Kier alpha value is -1.51. The van der Waals surface area contributed by atoms with E-state index in [9.17, 15) is 4.79 Å². The standard InChI is InChI=1S/C17H26N2O/c1-3-11-19(12-4-2)17(20)15-7-9-16(10-8-15)18-13-5-6-14-18/h7-10H,3-6,11-14H2,1-2H3. The number of benzene rings is 1. The lowest BCUT2D eigenvalue weighted by molar-refractivity contribution is 0.0755. The SMILES string of the molecule is CCCN(CCC)C(=O)c1ccc(N2CCCC2)cc1. The minimum atomic E-state index is 0.168. The molecule has 1 aromatic rings. The van der Waals surface area contributed by atoms with Crippen molar-refractivity contribution < 1.29 is 4.79 Å². The first-order chi connectivity index (χ1) is 9.76. The number of rotatable bonds is 6. The van der Waals surface area contributed by atoms with E-state index in [2.05, 4.69) is 30.9 Å². The van der Waals surface area contributed by atoms with Crippen LogP contribution in [0, 0.1) is 0 Å². The van der Waals surface area contributed by atoms with Crippen molar-refractivity contribution in [2.75, 3.05) is 31.1 Å². The molecule has 1 aromatic carbocycles. The van der Waals surface area contributed by atoms with Crippen molar-refractivity contribution in [3.8, 4) is 0 Å². The van der Waals surface area contributed by atoms with E-state index < -0.39 is 0 Å². The van der Waals surface area contributed by atoms with Gasteiger partial charge in [-0.3, -0.25) is 4.79 Å². The minimum absolute atomic E-state index is 0.168. The normalized spacial score (nSPS) is 14.6. The summed E-state index contributed by atoms with van der Waals surface area (Å²) >= 11 is 0. The lowest BCUT2D eigenvalue weighted by atomic mass is 10.1. The van der Waals surface area contributed by atoms with Crippen LogP contribution in [0.15, 0.2) is 24.3 Å². The fourth-order valence-corrected chi connectivity index (χ4v) is 2.83. The number of hydrogen-bond acceptors (Lipinski definition) is 2. The van der Waals surface area contributed by atoms with Crippen molar-refractivity contribution in [2.24, 2.45) is 0 Å². The van der Waals surface area contributed by atoms with Gasteiger partial charge in [0.1, 0.15) is 0 Å². The molecule has 0 saturated carbocycles. The van der Waals surface area contributed by atoms with Gasteiger partial charge in [0.2, 0.25) is 0 Å². The number of carbonyl (C=O) groups excluding carboxylic acids is 1. The fraction of sp³-hybridized carbons (Fsp3) is 0.588. The van der Waals surface area contributed by atoms with Crippen LogP contribution in [0.1, 0.15) is 49.9 Å². The summed E-state index contributed by atoms with van der Waals surface area (Å²) in [6.07, 6.45) is 4.58. The topological polar surface area (TPSA) is 23.6 Å². The van der Waals surface area contributed by atoms with Crippen molar-refractivity contribution in [2.45, 2.75) is 39.5 Å². The summed E-state index contributed by atoms with van der Waals surface area (Å²) in [6.45, 7) is 8.22. The van der Waals surface area contributed by atoms with Gasteiger partial charge < -0.3 is 9.80 Å². The van der Waals surface area contributed by atoms with E-state index in [1.54, 1.807) is 0 Å². The molecule has 1 amide bonds. The lowest BCUT2D eigenvalue weighted by Gasteiger charge is -2.22. The van der Waals surface area contributed by atoms with Gasteiger partial charge in [-0.2, -0.15) is 0 Å². The van der Waals surface area contributed by atoms with Crippen LogP contribution in [0.4, 0.5) is 5.69 Å². The van der Waals surface area contributed by atoms with Crippen LogP contribution in [0.25, 0.3) is 0 Å². The van der Waals surface area contributed by atoms with Gasteiger partial charge in [0.05, 0.1) is 0 Å². The van der Waals surface area contributed by atoms with Gasteiger partial charge in [-0.1, -0.05) is 13.8 Å². The van der Waals surface area contributed by atoms with Gasteiger partial charge in [-0.05, 0) is 49.9 Å². The molecule has 110 valence electrons. The summed E-state index contributed by atoms with van der Waals surface area (Å²) in [5.41, 5.74) is 2.06. The molecule has 0 atom stereocenters. The molecule has 1 aliphatic heterocycles. The van der Waals surface area contributed by atoms with Gasteiger partial charge in [-0.15, -0.1) is 0 Å². The predicted molar refractivity (Wildman–Crippen MR) is 84.4 cm³/mol. The Morgan fingerprint density at radius 1 is 1.05 bits per heavy atom. The highest BCUT2D eigenvalue weighted by molar-refractivity contribution is 5.94. The first-order valence-corrected chi connectivity index (χ1v) is 7.90. The van der Waals surface area contributed by atoms with Gasteiger partial charge in [0.15, 0.2) is 0 Å². The van der Waals surface area contributed by atoms with Crippen molar-refractivity contribution in [3.63, 3.8) is 0 Å². The molecule has 2 rings (SSSR count). The summed E-state index contributed by atoms with van der Waals surface area (Å²) in [4.78, 5) is 16.8. The van der Waals surface area contributed by atoms with Gasteiger partial charge in [0, 0.05) is 37.4 Å². The molecule has 1 fully saturated rings. The first kappa shape index (κ1) is 14.9. The Morgan fingerprint density at radius 3 is 2.10 bits per heavy atom. The van der Waals surface area contributed by atoms with Crippen LogP contribution in [-0.4, -0.2) is 37.0 Å². The lowest BCUT2D eigenvalue weighted by Crippen LogP contribution is -2.32. The van der Waals surface area contributed by atoms with Crippen LogP contribution < -0.4 is 4.90 Å². The third-order valence-corrected chi connectivity index (χ3v) is 3.86. The Kier molecular flexibility index (Phi) is 5.45. The van der Waals surface area contributed by atoms with Gasteiger partial charge >= 0.3 is 0 Å². The molecular formula is C17H26N2O. The van der Waals surface area contributed by atoms with Gasteiger partial charge in [0.25, 0.3) is 5.91 Å². The monoisotopic (exact) mass is 274 g/mol. The van der Waals surface area contributed by atoms with Crippen molar-refractivity contribution >= 4 is 11.6 Å². The summed E-state index contributed by atoms with van der Waals surface area (Å²) < 4.78 is 0. The van der Waals surface area contributed by atoms with Crippen LogP contribution in [0.3, 0.4) is 0 Å². The van der Waals surface area contributed by atoms with Crippen molar-refractivity contribution in [1.82, 2.24) is 4.90 Å². The molecule has 0 spiro atoms. The Balaban J connectivity index is 2.05. The molecule has 0 radical (unpaired) electrons. The summed E-state index contributed by atoms with van der Waals surface area (Å²) in [7, 11) is 0. The molecular weight excluding hydrogens is 248 g/mol. The summed E-state index contributed by atoms with van der Waals surface area (Å²) in [5, 5.41) is 0. The number of nitrogens with zero attached hydrogens (tertiary/aromatic N) is 2. The number of carbonyl (C=O) groups is 1. The number of hydrogen-bond donors (Lipinski definition) is 0. The molecule has 0 aromatic heterocycles. The molecule has 0 unspecified atom stereocenters. The summed E-state index contributed by atoms with van der Waals surface area (Å²) in [5.74, 6) is 0.168. The molecule has 0 N–H and O–H groups in total. The fourth-order valence-electron chi connectivity index (χ4n) is 2.83. The zero-order chi connectivity index (χ0) is 14.4. The average Bonchev–Trinajstić information content (AvgIpc) is 3.01. The number of amides is 1. The second kappa shape index (κ2) is 7.32. The third kappa shape index (κ3) is 3.53.